The van der Waals surface area contributed by atoms with Crippen LogP contribution in [0.4, 0.5) is 0 Å². The third kappa shape index (κ3) is 6.82. The molecule has 0 amide bonds. The molecule has 0 saturated heterocycles. The molecule has 1 heteroatoms. The monoisotopic (exact) mass is 216 g/mol. The normalized spacial score (nSPS) is 12.0. The highest BCUT2D eigenvalue weighted by atomic mass is 31.1. The highest BCUT2D eigenvalue weighted by molar-refractivity contribution is 7.59. The van der Waals surface area contributed by atoms with Gasteiger partial charge < -0.3 is 0 Å². The standard InChI is InChI=1S/C13H29P/c1-6-7-8-9-10-11-14(12(2)3)13(4)5/h12-13H,6-11H2,1-5H3. The Kier molecular flexibility index (Phi) is 8.98. The lowest BCUT2D eigenvalue weighted by atomic mass is 10.2. The molecule has 0 aromatic carbocycles. The molecule has 0 atom stereocenters. The van der Waals surface area contributed by atoms with E-state index >= 15 is 0 Å². The van der Waals surface area contributed by atoms with Crippen molar-refractivity contribution in [1.29, 1.82) is 0 Å². The number of hydrogen-bond acceptors (Lipinski definition) is 0. The summed E-state index contributed by atoms with van der Waals surface area (Å²) in [5.74, 6) is 0. The Morgan fingerprint density at radius 2 is 1.29 bits per heavy atom. The molecule has 14 heavy (non-hydrogen) atoms. The SMILES string of the molecule is CCCCCCCP(C(C)C)C(C)C. The van der Waals surface area contributed by atoms with Crippen molar-refractivity contribution in [1.82, 2.24) is 0 Å². The first-order valence-corrected chi connectivity index (χ1v) is 8.01. The zero-order valence-electron chi connectivity index (χ0n) is 10.8. The molecule has 0 bridgehead atoms. The molecule has 0 aromatic heterocycles. The maximum absolute atomic E-state index is 2.40. The van der Waals surface area contributed by atoms with Crippen molar-refractivity contribution < 1.29 is 0 Å². The predicted molar refractivity (Wildman–Crippen MR) is 70.8 cm³/mol. The first-order valence-electron chi connectivity index (χ1n) is 6.35. The molecule has 0 fully saturated rings. The largest absolute Gasteiger partial charge is 0.101 e. The molecule has 0 nitrogen and oxygen atoms in total. The van der Waals surface area contributed by atoms with E-state index in [0.717, 1.165) is 11.3 Å². The number of hydrogen-bond donors (Lipinski definition) is 0. The maximum atomic E-state index is 2.40. The predicted octanol–water partition coefficient (Wildman–Crippen LogP) is 5.26. The highest BCUT2D eigenvalue weighted by Gasteiger charge is 2.15. The van der Waals surface area contributed by atoms with Gasteiger partial charge in [-0.15, -0.1) is 7.92 Å². The van der Waals surface area contributed by atoms with Gasteiger partial charge in [-0.1, -0.05) is 60.3 Å². The molecular weight excluding hydrogens is 187 g/mol. The fraction of sp³-hybridized carbons (Fsp3) is 1.00. The van der Waals surface area contributed by atoms with E-state index in [0.29, 0.717) is 7.92 Å². The van der Waals surface area contributed by atoms with Gasteiger partial charge in [0.25, 0.3) is 0 Å². The molecular formula is C13H29P. The first kappa shape index (κ1) is 14.4. The zero-order chi connectivity index (χ0) is 11.0. The Balaban J connectivity index is 3.52. The second kappa shape index (κ2) is 8.72. The highest BCUT2D eigenvalue weighted by Crippen LogP contribution is 2.46. The molecule has 86 valence electrons. The third-order valence-corrected chi connectivity index (χ3v) is 6.33. The van der Waals surface area contributed by atoms with Crippen LogP contribution in [0.1, 0.15) is 66.7 Å². The zero-order valence-corrected chi connectivity index (χ0v) is 11.7. The van der Waals surface area contributed by atoms with Gasteiger partial charge in [-0.05, 0) is 23.9 Å². The van der Waals surface area contributed by atoms with E-state index in [1.54, 1.807) is 0 Å². The van der Waals surface area contributed by atoms with E-state index in [1.807, 2.05) is 0 Å². The molecule has 0 aromatic rings. The van der Waals surface area contributed by atoms with Crippen molar-refractivity contribution in [3.05, 3.63) is 0 Å². The van der Waals surface area contributed by atoms with Gasteiger partial charge in [-0.3, -0.25) is 0 Å². The van der Waals surface area contributed by atoms with Crippen LogP contribution in [0.2, 0.25) is 0 Å². The molecule has 0 spiro atoms. The van der Waals surface area contributed by atoms with Crippen molar-refractivity contribution in [2.75, 3.05) is 6.16 Å². The van der Waals surface area contributed by atoms with Crippen LogP contribution < -0.4 is 0 Å². The Labute approximate surface area is 92.6 Å². The van der Waals surface area contributed by atoms with Crippen LogP contribution >= 0.6 is 7.92 Å². The van der Waals surface area contributed by atoms with Crippen LogP contribution in [0, 0.1) is 0 Å². The topological polar surface area (TPSA) is 0 Å². The average Bonchev–Trinajstić information content (AvgIpc) is 2.09. The second-order valence-corrected chi connectivity index (χ2v) is 8.38. The van der Waals surface area contributed by atoms with Crippen molar-refractivity contribution in [3.63, 3.8) is 0 Å². The van der Waals surface area contributed by atoms with Crippen LogP contribution in [0.25, 0.3) is 0 Å². The fourth-order valence-electron chi connectivity index (χ4n) is 2.01. The van der Waals surface area contributed by atoms with Gasteiger partial charge in [-0.25, -0.2) is 0 Å². The molecule has 0 rings (SSSR count). The van der Waals surface area contributed by atoms with Gasteiger partial charge in [-0.2, -0.15) is 0 Å². The van der Waals surface area contributed by atoms with E-state index < -0.39 is 0 Å². The lowest BCUT2D eigenvalue weighted by Crippen LogP contribution is -2.06. The van der Waals surface area contributed by atoms with Crippen molar-refractivity contribution in [2.45, 2.75) is 78.0 Å². The molecule has 0 aliphatic heterocycles. The molecule has 0 aliphatic carbocycles. The van der Waals surface area contributed by atoms with Gasteiger partial charge >= 0.3 is 0 Å². The summed E-state index contributed by atoms with van der Waals surface area (Å²) >= 11 is 0. The quantitative estimate of drug-likeness (QED) is 0.383. The third-order valence-electron chi connectivity index (χ3n) is 2.85. The summed E-state index contributed by atoms with van der Waals surface area (Å²) in [6.07, 6.45) is 8.70. The molecule has 0 saturated carbocycles. The summed E-state index contributed by atoms with van der Waals surface area (Å²) in [5.41, 5.74) is 1.85. The lowest BCUT2D eigenvalue weighted by Gasteiger charge is -2.25. The van der Waals surface area contributed by atoms with Crippen LogP contribution in [0.15, 0.2) is 0 Å². The van der Waals surface area contributed by atoms with E-state index in [-0.39, 0.29) is 0 Å². The minimum atomic E-state index is 0.300. The van der Waals surface area contributed by atoms with Gasteiger partial charge in [0.1, 0.15) is 0 Å². The molecule has 0 N–H and O–H groups in total. The minimum absolute atomic E-state index is 0.300. The van der Waals surface area contributed by atoms with Gasteiger partial charge in [0.05, 0.1) is 0 Å². The first-order chi connectivity index (χ1) is 6.59. The molecule has 0 unspecified atom stereocenters. The Morgan fingerprint density at radius 1 is 0.786 bits per heavy atom. The summed E-state index contributed by atoms with van der Waals surface area (Å²) in [6.45, 7) is 11.9. The van der Waals surface area contributed by atoms with E-state index in [4.69, 9.17) is 0 Å². The smallest absolute Gasteiger partial charge is 0.0264 e. The van der Waals surface area contributed by atoms with E-state index in [2.05, 4.69) is 34.6 Å². The van der Waals surface area contributed by atoms with Crippen LogP contribution in [-0.2, 0) is 0 Å². The van der Waals surface area contributed by atoms with Crippen LogP contribution in [0.3, 0.4) is 0 Å². The van der Waals surface area contributed by atoms with Crippen molar-refractivity contribution in [3.8, 4) is 0 Å². The number of rotatable bonds is 8. The maximum Gasteiger partial charge on any atom is -0.0264 e. The molecule has 0 radical (unpaired) electrons. The fourth-order valence-corrected chi connectivity index (χ4v) is 4.82. The van der Waals surface area contributed by atoms with Gasteiger partial charge in [0.15, 0.2) is 0 Å². The molecule has 0 heterocycles. The summed E-state index contributed by atoms with van der Waals surface area (Å²) in [7, 11) is 0.300. The second-order valence-electron chi connectivity index (χ2n) is 4.84. The Hall–Kier alpha value is 0.430. The van der Waals surface area contributed by atoms with E-state index in [1.165, 1.54) is 38.3 Å². The Morgan fingerprint density at radius 3 is 1.71 bits per heavy atom. The summed E-state index contributed by atoms with van der Waals surface area (Å²) in [5, 5.41) is 0. The van der Waals surface area contributed by atoms with Gasteiger partial charge in [0.2, 0.25) is 0 Å². The summed E-state index contributed by atoms with van der Waals surface area (Å²) < 4.78 is 0. The van der Waals surface area contributed by atoms with Crippen molar-refractivity contribution >= 4 is 7.92 Å². The molecule has 0 aliphatic rings. The van der Waals surface area contributed by atoms with E-state index in [9.17, 15) is 0 Å². The minimum Gasteiger partial charge on any atom is -0.101 e. The Bertz CT molecular complexity index is 110. The van der Waals surface area contributed by atoms with Crippen LogP contribution in [-0.4, -0.2) is 17.5 Å². The van der Waals surface area contributed by atoms with Crippen molar-refractivity contribution in [2.24, 2.45) is 0 Å². The lowest BCUT2D eigenvalue weighted by molar-refractivity contribution is 0.657. The van der Waals surface area contributed by atoms with Crippen LogP contribution in [0.5, 0.6) is 0 Å². The summed E-state index contributed by atoms with van der Waals surface area (Å²) in [6, 6.07) is 0. The average molecular weight is 216 g/mol. The number of unbranched alkanes of at least 4 members (excludes halogenated alkanes) is 4. The van der Waals surface area contributed by atoms with Gasteiger partial charge in [0, 0.05) is 0 Å². The summed E-state index contributed by atoms with van der Waals surface area (Å²) in [4.78, 5) is 0.